The van der Waals surface area contributed by atoms with Crippen molar-refractivity contribution < 1.29 is 14.3 Å². The van der Waals surface area contributed by atoms with Crippen molar-refractivity contribution in [1.29, 1.82) is 0 Å². The highest BCUT2D eigenvalue weighted by Crippen LogP contribution is 2.30. The first-order chi connectivity index (χ1) is 13.7. The molecule has 3 heterocycles. The second-order valence-electron chi connectivity index (χ2n) is 7.16. The number of carbonyl (C=O) groups excluding carboxylic acids is 2. The smallest absolute Gasteiger partial charge is 0.239 e. The van der Waals surface area contributed by atoms with Gasteiger partial charge in [-0.1, -0.05) is 12.1 Å². The third-order valence-electron chi connectivity index (χ3n) is 5.41. The zero-order chi connectivity index (χ0) is 19.3. The summed E-state index contributed by atoms with van der Waals surface area (Å²) in [5.74, 6) is -0.898. The number of nitrogens with one attached hydrogen (secondary N) is 1. The molecule has 2 aromatic rings. The fourth-order valence-electron chi connectivity index (χ4n) is 3.85. The zero-order valence-corrected chi connectivity index (χ0v) is 15.9. The van der Waals surface area contributed by atoms with Crippen LogP contribution in [0.4, 0.5) is 5.69 Å². The number of ether oxygens (including phenoxy) is 1. The third kappa shape index (κ3) is 3.95. The number of hydrogen-bond donors (Lipinski definition) is 1. The Hall–Kier alpha value is -2.64. The maximum atomic E-state index is 13.0. The topological polar surface area (TPSA) is 66.8 Å². The van der Waals surface area contributed by atoms with E-state index in [1.807, 2.05) is 53.4 Å². The number of benzene rings is 1. The van der Waals surface area contributed by atoms with Crippen molar-refractivity contribution in [2.24, 2.45) is 5.92 Å². The molecule has 7 heteroatoms. The van der Waals surface area contributed by atoms with Gasteiger partial charge in [-0.05, 0) is 30.7 Å². The van der Waals surface area contributed by atoms with Gasteiger partial charge in [-0.3, -0.25) is 14.5 Å². The quantitative estimate of drug-likeness (QED) is 0.765. The van der Waals surface area contributed by atoms with E-state index in [4.69, 9.17) is 4.74 Å². The van der Waals surface area contributed by atoms with Crippen molar-refractivity contribution in [3.63, 3.8) is 0 Å². The van der Waals surface area contributed by atoms with E-state index in [2.05, 4.69) is 10.2 Å². The van der Waals surface area contributed by atoms with Gasteiger partial charge < -0.3 is 19.5 Å². The highest BCUT2D eigenvalue weighted by molar-refractivity contribution is 6.10. The summed E-state index contributed by atoms with van der Waals surface area (Å²) in [5.41, 5.74) is 1.78. The van der Waals surface area contributed by atoms with Gasteiger partial charge >= 0.3 is 0 Å². The van der Waals surface area contributed by atoms with Crippen molar-refractivity contribution in [3.8, 4) is 5.69 Å². The molecule has 1 unspecified atom stereocenters. The van der Waals surface area contributed by atoms with Gasteiger partial charge in [0, 0.05) is 45.1 Å². The normalized spacial score (nSPS) is 20.5. The summed E-state index contributed by atoms with van der Waals surface area (Å²) in [5, 5.41) is 2.94. The van der Waals surface area contributed by atoms with Gasteiger partial charge in [0.2, 0.25) is 11.8 Å². The van der Waals surface area contributed by atoms with Crippen LogP contribution in [0.1, 0.15) is 6.42 Å². The zero-order valence-electron chi connectivity index (χ0n) is 15.9. The van der Waals surface area contributed by atoms with Crippen LogP contribution in [0.2, 0.25) is 0 Å². The summed E-state index contributed by atoms with van der Waals surface area (Å²) in [7, 11) is 0. The van der Waals surface area contributed by atoms with Crippen molar-refractivity contribution in [1.82, 2.24) is 14.8 Å². The van der Waals surface area contributed by atoms with E-state index in [0.29, 0.717) is 19.5 Å². The molecule has 0 radical (unpaired) electrons. The number of aromatic nitrogens is 1. The van der Waals surface area contributed by atoms with Gasteiger partial charge in [-0.15, -0.1) is 0 Å². The minimum absolute atomic E-state index is 0.122. The van der Waals surface area contributed by atoms with Crippen LogP contribution in [-0.2, 0) is 14.3 Å². The number of rotatable bonds is 6. The first kappa shape index (κ1) is 18.7. The number of anilines is 1. The Labute approximate surface area is 164 Å². The van der Waals surface area contributed by atoms with Crippen LogP contribution in [0, 0.1) is 5.92 Å². The fraction of sp³-hybridized carbons (Fsp3) is 0.429. The number of carbonyl (C=O) groups is 2. The first-order valence-corrected chi connectivity index (χ1v) is 9.85. The maximum absolute atomic E-state index is 13.0. The van der Waals surface area contributed by atoms with E-state index in [1.165, 1.54) is 0 Å². The molecule has 148 valence electrons. The Bertz CT molecular complexity index is 815. The number of para-hydroxylation sites is 2. The van der Waals surface area contributed by atoms with Crippen LogP contribution in [0.25, 0.3) is 5.69 Å². The van der Waals surface area contributed by atoms with Gasteiger partial charge in [0.05, 0.1) is 24.6 Å². The van der Waals surface area contributed by atoms with Crippen molar-refractivity contribution in [2.45, 2.75) is 6.42 Å². The summed E-state index contributed by atoms with van der Waals surface area (Å²) in [6.45, 7) is 5.16. The van der Waals surface area contributed by atoms with Crippen LogP contribution < -0.4 is 10.2 Å². The van der Waals surface area contributed by atoms with Crippen LogP contribution in [-0.4, -0.2) is 67.2 Å². The average Bonchev–Trinajstić information content (AvgIpc) is 3.39. The third-order valence-corrected chi connectivity index (χ3v) is 5.41. The van der Waals surface area contributed by atoms with E-state index in [-0.39, 0.29) is 11.8 Å². The Morgan fingerprint density at radius 2 is 1.75 bits per heavy atom. The standard InChI is InChI=1S/C21H26N4O3/c26-20(22-8-12-23-13-15-28-16-14-23)17-7-11-25(21(17)27)19-6-2-1-5-18(19)24-9-3-4-10-24/h1-6,9-10,17H,7-8,11-16H2,(H,22,26). The van der Waals surface area contributed by atoms with Gasteiger partial charge in [0.1, 0.15) is 5.92 Å². The number of hydrogen-bond acceptors (Lipinski definition) is 4. The lowest BCUT2D eigenvalue weighted by Gasteiger charge is -2.26. The minimum Gasteiger partial charge on any atom is -0.379 e. The Morgan fingerprint density at radius 1 is 1.04 bits per heavy atom. The lowest BCUT2D eigenvalue weighted by atomic mass is 10.1. The molecular formula is C21H26N4O3. The van der Waals surface area contributed by atoms with E-state index >= 15 is 0 Å². The molecule has 2 amide bonds. The van der Waals surface area contributed by atoms with E-state index in [1.54, 1.807) is 4.90 Å². The minimum atomic E-state index is -0.609. The SMILES string of the molecule is O=C(NCCN1CCOCC1)C1CCN(c2ccccc2-n2cccc2)C1=O. The summed E-state index contributed by atoms with van der Waals surface area (Å²) < 4.78 is 7.32. The second kappa shape index (κ2) is 8.58. The summed E-state index contributed by atoms with van der Waals surface area (Å²) in [6, 6.07) is 11.7. The molecule has 1 aromatic carbocycles. The van der Waals surface area contributed by atoms with Gasteiger partial charge in [0.25, 0.3) is 0 Å². The predicted molar refractivity (Wildman–Crippen MR) is 106 cm³/mol. The van der Waals surface area contributed by atoms with Crippen molar-refractivity contribution >= 4 is 17.5 Å². The molecule has 2 aliphatic rings. The number of amides is 2. The lowest BCUT2D eigenvalue weighted by molar-refractivity contribution is -0.132. The molecule has 4 rings (SSSR count). The molecule has 28 heavy (non-hydrogen) atoms. The molecule has 0 saturated carbocycles. The second-order valence-corrected chi connectivity index (χ2v) is 7.16. The molecule has 7 nitrogen and oxygen atoms in total. The monoisotopic (exact) mass is 382 g/mol. The molecular weight excluding hydrogens is 356 g/mol. The maximum Gasteiger partial charge on any atom is 0.239 e. The first-order valence-electron chi connectivity index (χ1n) is 9.85. The molecule has 2 fully saturated rings. The van der Waals surface area contributed by atoms with Crippen LogP contribution in [0.15, 0.2) is 48.8 Å². The van der Waals surface area contributed by atoms with E-state index < -0.39 is 5.92 Å². The number of nitrogens with zero attached hydrogens (tertiary/aromatic N) is 3. The molecule has 1 atom stereocenters. The lowest BCUT2D eigenvalue weighted by Crippen LogP contribution is -2.43. The molecule has 1 N–H and O–H groups in total. The Morgan fingerprint density at radius 3 is 2.50 bits per heavy atom. The Balaban J connectivity index is 1.38. The van der Waals surface area contributed by atoms with Gasteiger partial charge in [-0.25, -0.2) is 0 Å². The van der Waals surface area contributed by atoms with E-state index in [9.17, 15) is 9.59 Å². The highest BCUT2D eigenvalue weighted by Gasteiger charge is 2.38. The summed E-state index contributed by atoms with van der Waals surface area (Å²) in [4.78, 5) is 29.5. The summed E-state index contributed by atoms with van der Waals surface area (Å²) >= 11 is 0. The van der Waals surface area contributed by atoms with Crippen molar-refractivity contribution in [3.05, 3.63) is 48.8 Å². The van der Waals surface area contributed by atoms with Crippen LogP contribution >= 0.6 is 0 Å². The molecule has 2 saturated heterocycles. The predicted octanol–water partition coefficient (Wildman–Crippen LogP) is 1.28. The van der Waals surface area contributed by atoms with Crippen LogP contribution in [0.5, 0.6) is 0 Å². The molecule has 0 aliphatic carbocycles. The molecule has 0 spiro atoms. The molecule has 1 aromatic heterocycles. The molecule has 2 aliphatic heterocycles. The largest absolute Gasteiger partial charge is 0.379 e. The highest BCUT2D eigenvalue weighted by atomic mass is 16.5. The van der Waals surface area contributed by atoms with Gasteiger partial charge in [-0.2, -0.15) is 0 Å². The fourth-order valence-corrected chi connectivity index (χ4v) is 3.85. The average molecular weight is 382 g/mol. The Kier molecular flexibility index (Phi) is 5.73. The molecule has 0 bridgehead atoms. The van der Waals surface area contributed by atoms with Crippen LogP contribution in [0.3, 0.4) is 0 Å². The van der Waals surface area contributed by atoms with Crippen molar-refractivity contribution in [2.75, 3.05) is 50.8 Å². The summed E-state index contributed by atoms with van der Waals surface area (Å²) in [6.07, 6.45) is 4.45. The van der Waals surface area contributed by atoms with E-state index in [0.717, 1.165) is 44.2 Å². The number of morpholine rings is 1. The van der Waals surface area contributed by atoms with Gasteiger partial charge in [0.15, 0.2) is 0 Å².